The van der Waals surface area contributed by atoms with E-state index in [1.807, 2.05) is 0 Å². The predicted octanol–water partition coefficient (Wildman–Crippen LogP) is 1.99. The van der Waals surface area contributed by atoms with E-state index >= 15 is 0 Å². The molecule has 0 aliphatic rings. The zero-order valence-electron chi connectivity index (χ0n) is 15.8. The van der Waals surface area contributed by atoms with Crippen LogP contribution in [-0.2, 0) is 32.0 Å². The number of ether oxygens (including phenoxy) is 3. The van der Waals surface area contributed by atoms with Gasteiger partial charge in [-0.05, 0) is 41.5 Å². The quantitative estimate of drug-likeness (QED) is 0.769. The lowest BCUT2D eigenvalue weighted by Gasteiger charge is -2.25. The van der Waals surface area contributed by atoms with E-state index in [1.165, 1.54) is 7.11 Å². The highest BCUT2D eigenvalue weighted by molar-refractivity contribution is 5.81. The molecule has 1 rings (SSSR count). The van der Waals surface area contributed by atoms with Gasteiger partial charge in [-0.2, -0.15) is 4.98 Å². The van der Waals surface area contributed by atoms with E-state index in [2.05, 4.69) is 15.5 Å². The molecule has 0 unspecified atom stereocenters. The van der Waals surface area contributed by atoms with E-state index in [0.29, 0.717) is 0 Å². The van der Waals surface area contributed by atoms with Crippen molar-refractivity contribution >= 4 is 12.1 Å². The topological polar surface area (TPSA) is 113 Å². The molecule has 1 aromatic heterocycles. The number of alkyl carbamates (subject to hydrolysis) is 1. The number of hydrogen-bond acceptors (Lipinski definition) is 8. The number of nitrogens with zero attached hydrogens (tertiary/aromatic N) is 2. The minimum absolute atomic E-state index is 0.00136. The van der Waals surface area contributed by atoms with Gasteiger partial charge in [-0.3, -0.25) is 0 Å². The van der Waals surface area contributed by atoms with Crippen LogP contribution >= 0.6 is 0 Å². The first-order chi connectivity index (χ1) is 11.4. The highest BCUT2D eigenvalue weighted by atomic mass is 16.6. The van der Waals surface area contributed by atoms with Crippen LogP contribution in [0.3, 0.4) is 0 Å². The maximum Gasteiger partial charge on any atom is 0.408 e. The molecule has 0 spiro atoms. The van der Waals surface area contributed by atoms with Crippen LogP contribution in [-0.4, -0.2) is 46.6 Å². The van der Waals surface area contributed by atoms with Crippen molar-refractivity contribution in [2.24, 2.45) is 0 Å². The van der Waals surface area contributed by atoms with Gasteiger partial charge in [0.05, 0.1) is 0 Å². The van der Waals surface area contributed by atoms with E-state index in [-0.39, 0.29) is 24.7 Å². The molecular formula is C16H27N3O6. The summed E-state index contributed by atoms with van der Waals surface area (Å²) in [7, 11) is 1.50. The minimum Gasteiger partial charge on any atom is -0.458 e. The Labute approximate surface area is 147 Å². The Bertz CT molecular complexity index is 585. The normalized spacial score (nSPS) is 13.2. The molecule has 1 heterocycles. The van der Waals surface area contributed by atoms with E-state index in [4.69, 9.17) is 18.7 Å². The third-order valence-corrected chi connectivity index (χ3v) is 2.55. The van der Waals surface area contributed by atoms with E-state index in [1.54, 1.807) is 41.5 Å². The number of methoxy groups -OCH3 is 1. The van der Waals surface area contributed by atoms with Crippen LogP contribution in [0.5, 0.6) is 0 Å². The van der Waals surface area contributed by atoms with E-state index in [0.717, 1.165) is 0 Å². The monoisotopic (exact) mass is 357 g/mol. The number of aromatic nitrogens is 2. The Morgan fingerprint density at radius 2 is 1.72 bits per heavy atom. The maximum atomic E-state index is 12.4. The molecule has 0 radical (unpaired) electrons. The summed E-state index contributed by atoms with van der Waals surface area (Å²) in [6.07, 6.45) is -0.731. The number of carbonyl (C=O) groups excluding carboxylic acids is 2. The highest BCUT2D eigenvalue weighted by Crippen LogP contribution is 2.12. The molecule has 1 N–H and O–H groups in total. The summed E-state index contributed by atoms with van der Waals surface area (Å²) in [6, 6.07) is -1.01. The lowest BCUT2D eigenvalue weighted by molar-refractivity contribution is -0.157. The first kappa shape index (κ1) is 20.9. The Kier molecular flexibility index (Phi) is 6.92. The van der Waals surface area contributed by atoms with Crippen molar-refractivity contribution in [3.63, 3.8) is 0 Å². The number of esters is 1. The molecule has 1 atom stereocenters. The van der Waals surface area contributed by atoms with Gasteiger partial charge in [0, 0.05) is 13.5 Å². The van der Waals surface area contributed by atoms with Gasteiger partial charge in [0.15, 0.2) is 5.82 Å². The van der Waals surface area contributed by atoms with Crippen molar-refractivity contribution in [2.75, 3.05) is 7.11 Å². The Hall–Kier alpha value is -2.16. The summed E-state index contributed by atoms with van der Waals surface area (Å²) in [5.41, 5.74) is -1.40. The molecule has 0 aromatic carbocycles. The van der Waals surface area contributed by atoms with Crippen molar-refractivity contribution in [3.05, 3.63) is 11.7 Å². The summed E-state index contributed by atoms with van der Waals surface area (Å²) >= 11 is 0. The van der Waals surface area contributed by atoms with Crippen LogP contribution in [0.15, 0.2) is 4.52 Å². The molecule has 0 saturated carbocycles. The fourth-order valence-corrected chi connectivity index (χ4v) is 1.75. The van der Waals surface area contributed by atoms with Gasteiger partial charge < -0.3 is 24.1 Å². The predicted molar refractivity (Wildman–Crippen MR) is 87.7 cm³/mol. The van der Waals surface area contributed by atoms with Gasteiger partial charge in [-0.1, -0.05) is 5.16 Å². The van der Waals surface area contributed by atoms with Crippen molar-refractivity contribution in [2.45, 2.75) is 71.8 Å². The summed E-state index contributed by atoms with van der Waals surface area (Å²) in [5.74, 6) is -0.0897. The number of rotatable bonds is 6. The molecular weight excluding hydrogens is 330 g/mol. The van der Waals surface area contributed by atoms with Gasteiger partial charge in [0.25, 0.3) is 5.89 Å². The number of carbonyl (C=O) groups is 2. The molecule has 1 amide bonds. The molecule has 25 heavy (non-hydrogen) atoms. The van der Waals surface area contributed by atoms with Crippen LogP contribution in [0, 0.1) is 0 Å². The molecule has 0 aliphatic carbocycles. The summed E-state index contributed by atoms with van der Waals surface area (Å²) in [5, 5.41) is 6.27. The molecule has 0 aliphatic heterocycles. The van der Waals surface area contributed by atoms with Crippen LogP contribution in [0.2, 0.25) is 0 Å². The number of hydrogen-bond donors (Lipinski definition) is 1. The third kappa shape index (κ3) is 8.48. The smallest absolute Gasteiger partial charge is 0.408 e. The van der Waals surface area contributed by atoms with Crippen molar-refractivity contribution in [1.29, 1.82) is 0 Å². The van der Waals surface area contributed by atoms with Gasteiger partial charge in [-0.25, -0.2) is 9.59 Å². The molecule has 142 valence electrons. The third-order valence-electron chi connectivity index (χ3n) is 2.55. The molecule has 0 fully saturated rings. The Balaban J connectivity index is 2.86. The zero-order valence-corrected chi connectivity index (χ0v) is 15.8. The number of amides is 1. The van der Waals surface area contributed by atoms with Gasteiger partial charge >= 0.3 is 12.1 Å². The summed E-state index contributed by atoms with van der Waals surface area (Å²) < 4.78 is 20.4. The van der Waals surface area contributed by atoms with Crippen molar-refractivity contribution < 1.29 is 28.3 Å². The van der Waals surface area contributed by atoms with Crippen LogP contribution in [0.25, 0.3) is 0 Å². The average molecular weight is 357 g/mol. The Morgan fingerprint density at radius 3 is 2.24 bits per heavy atom. The van der Waals surface area contributed by atoms with Gasteiger partial charge in [-0.15, -0.1) is 0 Å². The Morgan fingerprint density at radius 1 is 1.12 bits per heavy atom. The second-order valence-electron chi connectivity index (χ2n) is 7.47. The van der Waals surface area contributed by atoms with Gasteiger partial charge in [0.2, 0.25) is 0 Å². The van der Waals surface area contributed by atoms with Crippen LogP contribution < -0.4 is 5.32 Å². The molecule has 9 nitrogen and oxygen atoms in total. The largest absolute Gasteiger partial charge is 0.458 e. The van der Waals surface area contributed by atoms with Crippen LogP contribution in [0.4, 0.5) is 4.79 Å². The standard InChI is InChI=1S/C16H27N3O6/c1-15(2,3)23-13(20)10(17-14(21)24-16(4,5)6)8-11-18-12(9-22-7)25-19-11/h10H,8-9H2,1-7H3,(H,17,21)/t10-/m0/s1. The zero-order chi connectivity index (χ0) is 19.3. The molecule has 1 aromatic rings. The minimum atomic E-state index is -1.01. The molecule has 0 saturated heterocycles. The van der Waals surface area contributed by atoms with E-state index in [9.17, 15) is 9.59 Å². The molecule has 9 heteroatoms. The lowest BCUT2D eigenvalue weighted by atomic mass is 10.1. The SMILES string of the molecule is COCc1nc(C[C@H](NC(=O)OC(C)(C)C)C(=O)OC(C)(C)C)no1. The average Bonchev–Trinajstić information content (AvgIpc) is 2.81. The lowest BCUT2D eigenvalue weighted by Crippen LogP contribution is -2.47. The second-order valence-corrected chi connectivity index (χ2v) is 7.47. The fourth-order valence-electron chi connectivity index (χ4n) is 1.75. The van der Waals surface area contributed by atoms with Crippen molar-refractivity contribution in [3.8, 4) is 0 Å². The highest BCUT2D eigenvalue weighted by Gasteiger charge is 2.30. The van der Waals surface area contributed by atoms with Crippen molar-refractivity contribution in [1.82, 2.24) is 15.5 Å². The maximum absolute atomic E-state index is 12.4. The molecule has 0 bridgehead atoms. The second kappa shape index (κ2) is 8.28. The first-order valence-corrected chi connectivity index (χ1v) is 7.92. The summed E-state index contributed by atoms with van der Waals surface area (Å²) in [4.78, 5) is 28.5. The van der Waals surface area contributed by atoms with Crippen LogP contribution in [0.1, 0.15) is 53.3 Å². The van der Waals surface area contributed by atoms with Gasteiger partial charge in [0.1, 0.15) is 23.9 Å². The first-order valence-electron chi connectivity index (χ1n) is 7.92. The van der Waals surface area contributed by atoms with E-state index < -0.39 is 29.3 Å². The summed E-state index contributed by atoms with van der Waals surface area (Å²) in [6.45, 7) is 10.5. The number of nitrogens with one attached hydrogen (secondary N) is 1. The fraction of sp³-hybridized carbons (Fsp3) is 0.750.